The molecule has 0 fully saturated rings. The molecule has 0 unspecified atom stereocenters. The number of alkyl halides is 3. The van der Waals surface area contributed by atoms with Crippen LogP contribution in [0.2, 0.25) is 0 Å². The molecule has 0 spiro atoms. The molecule has 0 saturated carbocycles. The van der Waals surface area contributed by atoms with Gasteiger partial charge in [0.25, 0.3) is 10.0 Å². The van der Waals surface area contributed by atoms with Gasteiger partial charge in [-0.2, -0.15) is 13.2 Å². The second-order valence-electron chi connectivity index (χ2n) is 6.98. The first-order chi connectivity index (χ1) is 12.6. The largest absolute Gasteiger partial charge is 0.417 e. The van der Waals surface area contributed by atoms with E-state index in [0.29, 0.717) is 6.07 Å². The number of anilines is 1. The van der Waals surface area contributed by atoms with Gasteiger partial charge < -0.3 is 0 Å². The molecule has 2 rings (SSSR count). The number of sulfonamides is 2. The zero-order chi connectivity index (χ0) is 21.4. The molecule has 0 amide bonds. The molecule has 154 valence electrons. The lowest BCUT2D eigenvalue weighted by atomic mass is 10.1. The molecule has 0 aliphatic carbocycles. The molecule has 0 atom stereocenters. The van der Waals surface area contributed by atoms with Crippen LogP contribution in [0.15, 0.2) is 58.3 Å². The third-order valence-electron chi connectivity index (χ3n) is 3.32. The van der Waals surface area contributed by atoms with Crippen LogP contribution in [-0.4, -0.2) is 22.4 Å². The Kier molecular flexibility index (Phi) is 5.84. The average Bonchev–Trinajstić information content (AvgIpc) is 2.52. The summed E-state index contributed by atoms with van der Waals surface area (Å²) in [6.07, 6.45) is -4.87. The Labute approximate surface area is 161 Å². The van der Waals surface area contributed by atoms with Gasteiger partial charge in [-0.25, -0.2) is 21.6 Å². The standard InChI is InChI=1S/C17H19F3N2O4S2/c1-16(2,3)22-27(23,24)13-8-6-7-12(11-13)21-28(25,26)15-10-5-4-9-14(15)17(18,19)20/h4-11,21-22H,1-3H3. The summed E-state index contributed by atoms with van der Waals surface area (Å²) in [7, 11) is -8.57. The van der Waals surface area contributed by atoms with E-state index in [1.165, 1.54) is 18.2 Å². The molecular weight excluding hydrogens is 417 g/mol. The normalized spacial score (nSPS) is 13.4. The van der Waals surface area contributed by atoms with Crippen molar-refractivity contribution in [2.75, 3.05) is 4.72 Å². The van der Waals surface area contributed by atoms with Gasteiger partial charge in [0.2, 0.25) is 10.0 Å². The van der Waals surface area contributed by atoms with Crippen LogP contribution in [0.4, 0.5) is 18.9 Å². The van der Waals surface area contributed by atoms with Crippen LogP contribution in [0.5, 0.6) is 0 Å². The van der Waals surface area contributed by atoms with E-state index < -0.39 is 42.2 Å². The summed E-state index contributed by atoms with van der Waals surface area (Å²) in [6, 6.07) is 8.52. The number of hydrogen-bond donors (Lipinski definition) is 2. The minimum absolute atomic E-state index is 0.186. The predicted octanol–water partition coefficient (Wildman–Crippen LogP) is 3.58. The molecular formula is C17H19F3N2O4S2. The van der Waals surface area contributed by atoms with E-state index in [4.69, 9.17) is 0 Å². The molecule has 0 aromatic heterocycles. The van der Waals surface area contributed by atoms with Crippen molar-refractivity contribution in [3.63, 3.8) is 0 Å². The van der Waals surface area contributed by atoms with Gasteiger partial charge in [-0.3, -0.25) is 4.72 Å². The van der Waals surface area contributed by atoms with Crippen molar-refractivity contribution in [1.82, 2.24) is 4.72 Å². The summed E-state index contributed by atoms with van der Waals surface area (Å²) in [6.45, 7) is 4.89. The topological polar surface area (TPSA) is 92.3 Å². The fraction of sp³-hybridized carbons (Fsp3) is 0.294. The summed E-state index contributed by atoms with van der Waals surface area (Å²) in [4.78, 5) is -1.18. The molecule has 28 heavy (non-hydrogen) atoms. The van der Waals surface area contributed by atoms with E-state index >= 15 is 0 Å². The van der Waals surface area contributed by atoms with Gasteiger partial charge in [-0.15, -0.1) is 0 Å². The zero-order valence-corrected chi connectivity index (χ0v) is 16.8. The third-order valence-corrected chi connectivity index (χ3v) is 6.51. The summed E-state index contributed by atoms with van der Waals surface area (Å²) in [5.41, 5.74) is -2.28. The lowest BCUT2D eigenvalue weighted by molar-refractivity contribution is -0.139. The van der Waals surface area contributed by atoms with Crippen LogP contribution in [0.1, 0.15) is 26.3 Å². The summed E-state index contributed by atoms with van der Waals surface area (Å²) >= 11 is 0. The summed E-state index contributed by atoms with van der Waals surface area (Å²) < 4.78 is 93.5. The highest BCUT2D eigenvalue weighted by Gasteiger charge is 2.37. The van der Waals surface area contributed by atoms with E-state index in [2.05, 4.69) is 4.72 Å². The van der Waals surface area contributed by atoms with E-state index in [-0.39, 0.29) is 10.6 Å². The quantitative estimate of drug-likeness (QED) is 0.749. The lowest BCUT2D eigenvalue weighted by Gasteiger charge is -2.20. The van der Waals surface area contributed by atoms with Gasteiger partial charge >= 0.3 is 6.18 Å². The molecule has 0 heterocycles. The average molecular weight is 436 g/mol. The fourth-order valence-corrected chi connectivity index (χ4v) is 5.08. The molecule has 0 aliphatic heterocycles. The Morgan fingerprint density at radius 3 is 2.00 bits per heavy atom. The second-order valence-corrected chi connectivity index (χ2v) is 10.3. The van der Waals surface area contributed by atoms with Gasteiger partial charge in [0.05, 0.1) is 21.0 Å². The maximum Gasteiger partial charge on any atom is 0.417 e. The summed E-state index contributed by atoms with van der Waals surface area (Å²) in [5.74, 6) is 0. The number of hydrogen-bond acceptors (Lipinski definition) is 4. The SMILES string of the molecule is CC(C)(C)NS(=O)(=O)c1cccc(NS(=O)(=O)c2ccccc2C(F)(F)F)c1. The Hall–Kier alpha value is -2.11. The number of benzene rings is 2. The first-order valence-electron chi connectivity index (χ1n) is 7.95. The molecule has 2 aromatic rings. The van der Waals surface area contributed by atoms with Crippen molar-refractivity contribution in [1.29, 1.82) is 0 Å². The van der Waals surface area contributed by atoms with Gasteiger partial charge in [0.15, 0.2) is 0 Å². The number of halogens is 3. The van der Waals surface area contributed by atoms with Crippen molar-refractivity contribution in [2.45, 2.75) is 42.3 Å². The Morgan fingerprint density at radius 2 is 1.43 bits per heavy atom. The minimum Gasteiger partial charge on any atom is -0.280 e. The molecule has 6 nitrogen and oxygen atoms in total. The van der Waals surface area contributed by atoms with Crippen LogP contribution < -0.4 is 9.44 Å². The van der Waals surface area contributed by atoms with Gasteiger partial charge in [-0.05, 0) is 51.1 Å². The van der Waals surface area contributed by atoms with Crippen molar-refractivity contribution >= 4 is 25.7 Å². The summed E-state index contributed by atoms with van der Waals surface area (Å²) in [5, 5.41) is 0. The van der Waals surface area contributed by atoms with Crippen LogP contribution in [0.3, 0.4) is 0 Å². The van der Waals surface area contributed by atoms with Gasteiger partial charge in [0.1, 0.15) is 0 Å². The van der Waals surface area contributed by atoms with E-state index in [0.717, 1.165) is 24.3 Å². The van der Waals surface area contributed by atoms with Crippen molar-refractivity contribution in [3.8, 4) is 0 Å². The van der Waals surface area contributed by atoms with E-state index in [1.54, 1.807) is 20.8 Å². The molecule has 2 aromatic carbocycles. The second kappa shape index (κ2) is 7.37. The Morgan fingerprint density at radius 1 is 0.821 bits per heavy atom. The molecule has 2 N–H and O–H groups in total. The highest BCUT2D eigenvalue weighted by molar-refractivity contribution is 7.92. The third kappa shape index (κ3) is 5.46. The highest BCUT2D eigenvalue weighted by Crippen LogP contribution is 2.34. The van der Waals surface area contributed by atoms with Crippen LogP contribution in [0.25, 0.3) is 0 Å². The maximum absolute atomic E-state index is 13.1. The van der Waals surface area contributed by atoms with E-state index in [9.17, 15) is 30.0 Å². The Bertz CT molecular complexity index is 1070. The smallest absolute Gasteiger partial charge is 0.280 e. The molecule has 0 aliphatic rings. The Balaban J connectivity index is 2.43. The lowest BCUT2D eigenvalue weighted by Crippen LogP contribution is -2.40. The number of rotatable bonds is 5. The van der Waals surface area contributed by atoms with Crippen LogP contribution >= 0.6 is 0 Å². The van der Waals surface area contributed by atoms with E-state index in [1.807, 2.05) is 4.72 Å². The first kappa shape index (κ1) is 22.2. The van der Waals surface area contributed by atoms with Crippen LogP contribution in [-0.2, 0) is 26.2 Å². The maximum atomic E-state index is 13.1. The van der Waals surface area contributed by atoms with Gasteiger partial charge in [-0.1, -0.05) is 18.2 Å². The monoisotopic (exact) mass is 436 g/mol. The molecule has 0 saturated heterocycles. The number of nitrogens with one attached hydrogen (secondary N) is 2. The first-order valence-corrected chi connectivity index (χ1v) is 10.9. The molecule has 0 bridgehead atoms. The fourth-order valence-electron chi connectivity index (χ4n) is 2.33. The molecule has 0 radical (unpaired) electrons. The zero-order valence-electron chi connectivity index (χ0n) is 15.2. The van der Waals surface area contributed by atoms with Crippen LogP contribution in [0, 0.1) is 0 Å². The molecule has 11 heteroatoms. The van der Waals surface area contributed by atoms with Crippen molar-refractivity contribution in [3.05, 3.63) is 54.1 Å². The predicted molar refractivity (Wildman–Crippen MR) is 98.8 cm³/mol. The minimum atomic E-state index is -4.87. The van der Waals surface area contributed by atoms with Gasteiger partial charge in [0, 0.05) is 5.54 Å². The highest BCUT2D eigenvalue weighted by atomic mass is 32.2. The van der Waals surface area contributed by atoms with Crippen molar-refractivity contribution < 1.29 is 30.0 Å². The van der Waals surface area contributed by atoms with Crippen molar-refractivity contribution in [2.24, 2.45) is 0 Å².